The summed E-state index contributed by atoms with van der Waals surface area (Å²) in [5.41, 5.74) is 1.71. The van der Waals surface area contributed by atoms with Crippen LogP contribution in [0.2, 0.25) is 0 Å². The molecule has 6 heteroatoms. The van der Waals surface area contributed by atoms with Crippen molar-refractivity contribution in [1.29, 1.82) is 5.26 Å². The van der Waals surface area contributed by atoms with Crippen molar-refractivity contribution in [2.75, 3.05) is 18.9 Å². The molecule has 0 saturated carbocycles. The van der Waals surface area contributed by atoms with Gasteiger partial charge in [-0.15, -0.1) is 0 Å². The maximum atomic E-state index is 13.9. The second-order valence-electron chi connectivity index (χ2n) is 8.58. The molecular weight excluding hydrogens is 398 g/mol. The lowest BCUT2D eigenvalue weighted by atomic mass is 9.61. The number of para-hydroxylation sites is 3. The molecule has 1 fully saturated rings. The van der Waals surface area contributed by atoms with E-state index in [0.717, 1.165) is 27.8 Å². The van der Waals surface area contributed by atoms with Crippen molar-refractivity contribution in [2.45, 2.75) is 16.9 Å². The molecule has 0 unspecified atom stereocenters. The lowest BCUT2D eigenvalue weighted by molar-refractivity contribution is -0.127. The molecule has 4 aromatic rings. The van der Waals surface area contributed by atoms with Gasteiger partial charge in [0.25, 0.3) is 5.91 Å². The molecule has 0 aliphatic carbocycles. The van der Waals surface area contributed by atoms with E-state index in [1.165, 1.54) is 0 Å². The summed E-state index contributed by atoms with van der Waals surface area (Å²) in [5.74, 6) is 0.0593. The van der Waals surface area contributed by atoms with Gasteiger partial charge in [0.2, 0.25) is 0 Å². The van der Waals surface area contributed by atoms with Gasteiger partial charge in [-0.05, 0) is 30.8 Å². The minimum absolute atomic E-state index is 0.193. The van der Waals surface area contributed by atoms with Gasteiger partial charge in [-0.1, -0.05) is 60.7 Å². The fraction of sp³-hybridized carbons (Fsp3) is 0.192. The van der Waals surface area contributed by atoms with Crippen molar-refractivity contribution >= 4 is 22.6 Å². The standard InChI is InChI=1S/C26H21N5O/c1-31-15-19(17-9-3-2-4-10-17)25(16-27,23-28-21-13-7-8-14-22(21)29-23)26(31)18-11-5-6-12-20(18)30-24(26)32/h2-14,19H,15H2,1H3,(H,28,29)(H,30,32)/t19-,25-,26+/m1/s1. The average molecular weight is 419 g/mol. The largest absolute Gasteiger partial charge is 0.341 e. The number of fused-ring (bicyclic) bond motifs is 3. The van der Waals surface area contributed by atoms with Crippen LogP contribution in [0.3, 0.4) is 0 Å². The first-order chi connectivity index (χ1) is 15.6. The lowest BCUT2D eigenvalue weighted by Gasteiger charge is -2.41. The fourth-order valence-corrected chi connectivity index (χ4v) is 5.84. The van der Waals surface area contributed by atoms with Crippen molar-refractivity contribution in [3.05, 3.63) is 95.8 Å². The molecule has 156 valence electrons. The van der Waals surface area contributed by atoms with Crippen LogP contribution >= 0.6 is 0 Å². The molecule has 3 heterocycles. The summed E-state index contributed by atoms with van der Waals surface area (Å²) >= 11 is 0. The van der Waals surface area contributed by atoms with Crippen LogP contribution < -0.4 is 5.32 Å². The number of nitrogens with one attached hydrogen (secondary N) is 2. The number of likely N-dealkylation sites (tertiary alicyclic amines) is 1. The van der Waals surface area contributed by atoms with Gasteiger partial charge in [0.1, 0.15) is 5.82 Å². The van der Waals surface area contributed by atoms with Crippen molar-refractivity contribution in [3.8, 4) is 6.07 Å². The van der Waals surface area contributed by atoms with E-state index >= 15 is 0 Å². The van der Waals surface area contributed by atoms with Crippen LogP contribution in [-0.2, 0) is 15.7 Å². The topological polar surface area (TPSA) is 84.8 Å². The SMILES string of the molecule is CN1C[C@H](c2ccccc2)[C@](C#N)(c2nc3ccccc3[nH]2)[C@]12C(=O)Nc1ccccc12. The number of anilines is 1. The van der Waals surface area contributed by atoms with E-state index in [-0.39, 0.29) is 11.8 Å². The van der Waals surface area contributed by atoms with Gasteiger partial charge in [0, 0.05) is 23.7 Å². The van der Waals surface area contributed by atoms with E-state index < -0.39 is 11.0 Å². The first-order valence-electron chi connectivity index (χ1n) is 10.7. The summed E-state index contributed by atoms with van der Waals surface area (Å²) in [5, 5.41) is 14.0. The number of carbonyl (C=O) groups is 1. The number of amides is 1. The number of rotatable bonds is 2. The Morgan fingerprint density at radius 2 is 1.75 bits per heavy atom. The zero-order valence-electron chi connectivity index (χ0n) is 17.5. The molecule has 1 saturated heterocycles. The van der Waals surface area contributed by atoms with Gasteiger partial charge >= 0.3 is 0 Å². The number of nitriles is 1. The molecule has 2 N–H and O–H groups in total. The molecule has 1 amide bonds. The molecule has 1 spiro atoms. The Hall–Kier alpha value is -3.95. The number of nitrogens with zero attached hydrogens (tertiary/aromatic N) is 3. The molecule has 2 aliphatic heterocycles. The molecule has 6 rings (SSSR count). The first kappa shape index (κ1) is 18.8. The molecule has 0 radical (unpaired) electrons. The molecule has 0 bridgehead atoms. The number of carbonyl (C=O) groups excluding carboxylic acids is 1. The molecule has 3 atom stereocenters. The predicted octanol–water partition coefficient (Wildman–Crippen LogP) is 3.90. The Morgan fingerprint density at radius 1 is 1.03 bits per heavy atom. The third-order valence-corrected chi connectivity index (χ3v) is 7.16. The summed E-state index contributed by atoms with van der Waals surface area (Å²) < 4.78 is 0. The summed E-state index contributed by atoms with van der Waals surface area (Å²) in [7, 11) is 1.93. The quantitative estimate of drug-likeness (QED) is 0.516. The highest BCUT2D eigenvalue weighted by Crippen LogP contribution is 2.62. The van der Waals surface area contributed by atoms with Crippen LogP contribution in [-0.4, -0.2) is 34.4 Å². The zero-order valence-corrected chi connectivity index (χ0v) is 17.5. The number of H-pyrrole nitrogens is 1. The highest BCUT2D eigenvalue weighted by Gasteiger charge is 2.73. The Balaban J connectivity index is 1.73. The van der Waals surface area contributed by atoms with Crippen molar-refractivity contribution in [2.24, 2.45) is 0 Å². The summed E-state index contributed by atoms with van der Waals surface area (Å²) in [6, 6.07) is 28.0. The van der Waals surface area contributed by atoms with Crippen LogP contribution in [0.5, 0.6) is 0 Å². The monoisotopic (exact) mass is 419 g/mol. The van der Waals surface area contributed by atoms with Crippen LogP contribution in [0.25, 0.3) is 11.0 Å². The maximum absolute atomic E-state index is 13.9. The van der Waals surface area contributed by atoms with Crippen LogP contribution in [0.15, 0.2) is 78.9 Å². The Morgan fingerprint density at radius 3 is 2.53 bits per heavy atom. The van der Waals surface area contributed by atoms with Gasteiger partial charge in [-0.25, -0.2) is 4.98 Å². The number of hydrogen-bond acceptors (Lipinski definition) is 4. The van der Waals surface area contributed by atoms with Crippen LogP contribution in [0, 0.1) is 11.3 Å². The smallest absolute Gasteiger partial charge is 0.251 e. The van der Waals surface area contributed by atoms with E-state index in [1.807, 2.05) is 90.8 Å². The van der Waals surface area contributed by atoms with Gasteiger partial charge in [0.15, 0.2) is 11.0 Å². The number of likely N-dealkylation sites (N-methyl/N-ethyl adjacent to an activating group) is 1. The summed E-state index contributed by atoms with van der Waals surface area (Å²) in [6.07, 6.45) is 0. The minimum atomic E-state index is -1.27. The number of aromatic amines is 1. The number of benzene rings is 3. The van der Waals surface area contributed by atoms with E-state index in [2.05, 4.69) is 16.4 Å². The number of aromatic nitrogens is 2. The highest BCUT2D eigenvalue weighted by atomic mass is 16.2. The fourth-order valence-electron chi connectivity index (χ4n) is 5.84. The second kappa shape index (κ2) is 6.52. The van der Waals surface area contributed by atoms with E-state index in [0.29, 0.717) is 12.4 Å². The van der Waals surface area contributed by atoms with Gasteiger partial charge in [0.05, 0.1) is 17.1 Å². The number of hydrogen-bond donors (Lipinski definition) is 2. The van der Waals surface area contributed by atoms with E-state index in [9.17, 15) is 10.1 Å². The van der Waals surface area contributed by atoms with Gasteiger partial charge in [-0.3, -0.25) is 9.69 Å². The van der Waals surface area contributed by atoms with Crippen LogP contribution in [0.1, 0.15) is 22.9 Å². The minimum Gasteiger partial charge on any atom is -0.341 e. The Bertz CT molecular complexity index is 1370. The van der Waals surface area contributed by atoms with E-state index in [1.54, 1.807) is 0 Å². The summed E-state index contributed by atoms with van der Waals surface area (Å²) in [6.45, 7) is 0.538. The maximum Gasteiger partial charge on any atom is 0.251 e. The third-order valence-electron chi connectivity index (χ3n) is 7.16. The zero-order chi connectivity index (χ0) is 21.9. The Kier molecular flexibility index (Phi) is 3.83. The van der Waals surface area contributed by atoms with Crippen molar-refractivity contribution in [1.82, 2.24) is 14.9 Å². The molecule has 1 aromatic heterocycles. The molecule has 2 aliphatic rings. The third kappa shape index (κ3) is 2.11. The second-order valence-corrected chi connectivity index (χ2v) is 8.58. The first-order valence-corrected chi connectivity index (χ1v) is 10.7. The average Bonchev–Trinajstić information content (AvgIpc) is 3.47. The summed E-state index contributed by atoms with van der Waals surface area (Å²) in [4.78, 5) is 24.2. The molecule has 3 aromatic carbocycles. The van der Waals surface area contributed by atoms with Crippen molar-refractivity contribution in [3.63, 3.8) is 0 Å². The molecule has 32 heavy (non-hydrogen) atoms. The Labute approximate surface area is 185 Å². The molecule has 6 nitrogen and oxygen atoms in total. The highest BCUT2D eigenvalue weighted by molar-refractivity contribution is 6.08. The predicted molar refractivity (Wildman–Crippen MR) is 122 cm³/mol. The van der Waals surface area contributed by atoms with Gasteiger partial charge < -0.3 is 10.3 Å². The van der Waals surface area contributed by atoms with Gasteiger partial charge in [-0.2, -0.15) is 5.26 Å². The van der Waals surface area contributed by atoms with Crippen molar-refractivity contribution < 1.29 is 4.79 Å². The lowest BCUT2D eigenvalue weighted by Crippen LogP contribution is -2.57. The van der Waals surface area contributed by atoms with Crippen LogP contribution in [0.4, 0.5) is 5.69 Å². The normalized spacial score (nSPS) is 26.9. The van der Waals surface area contributed by atoms with E-state index in [4.69, 9.17) is 4.98 Å². The molecular formula is C26H21N5O. The number of imidazole rings is 1.